The molecule has 100 valence electrons. The van der Waals surface area contributed by atoms with Crippen LogP contribution in [0.4, 0.5) is 5.82 Å². The van der Waals surface area contributed by atoms with Gasteiger partial charge in [-0.2, -0.15) is 0 Å². The Morgan fingerprint density at radius 3 is 2.70 bits per heavy atom. The third-order valence-electron chi connectivity index (χ3n) is 3.21. The van der Waals surface area contributed by atoms with Crippen LogP contribution in [0.2, 0.25) is 0 Å². The number of nitrogens with one attached hydrogen (secondary N) is 1. The number of hydrogen-bond donors (Lipinski definition) is 2. The second kappa shape index (κ2) is 5.67. The summed E-state index contributed by atoms with van der Waals surface area (Å²) < 4.78 is 0. The van der Waals surface area contributed by atoms with Crippen molar-refractivity contribution < 1.29 is 0 Å². The van der Waals surface area contributed by atoms with E-state index in [-0.39, 0.29) is 0 Å². The largest absolute Gasteiger partial charge is 0.384 e. The Hall–Kier alpha value is -2.46. The maximum Gasteiger partial charge on any atom is 0.144 e. The molecule has 0 aliphatic rings. The Morgan fingerprint density at radius 2 is 1.80 bits per heavy atom. The predicted octanol–water partition coefficient (Wildman–Crippen LogP) is 2.50. The summed E-state index contributed by atoms with van der Waals surface area (Å²) in [4.78, 5) is 8.35. The number of nitrogen functional groups attached to an aromatic ring is 1. The maximum atomic E-state index is 5.64. The molecule has 0 saturated heterocycles. The lowest BCUT2D eigenvalue weighted by atomic mass is 10.0. The molecule has 0 atom stereocenters. The van der Waals surface area contributed by atoms with Gasteiger partial charge in [-0.1, -0.05) is 42.5 Å². The Kier molecular flexibility index (Phi) is 3.56. The lowest BCUT2D eigenvalue weighted by Gasteiger charge is -2.08. The first-order valence-electron chi connectivity index (χ1n) is 6.58. The summed E-state index contributed by atoms with van der Waals surface area (Å²) in [6, 6.07) is 16.4. The molecule has 0 fully saturated rings. The monoisotopic (exact) mass is 264 g/mol. The summed E-state index contributed by atoms with van der Waals surface area (Å²) in [5.41, 5.74) is 6.91. The molecule has 0 amide bonds. The van der Waals surface area contributed by atoms with Gasteiger partial charge in [0.2, 0.25) is 0 Å². The van der Waals surface area contributed by atoms with Gasteiger partial charge in [-0.15, -0.1) is 0 Å². The van der Waals surface area contributed by atoms with Crippen molar-refractivity contribution in [2.24, 2.45) is 0 Å². The standard InChI is InChI=1S/C16H16N4/c17-15-8-9-19-16(20-15)11-18-10-13-6-3-5-12-4-1-2-7-14(12)13/h1-9,18H,10-11H2,(H2,17,19,20). The van der Waals surface area contributed by atoms with E-state index in [1.165, 1.54) is 16.3 Å². The van der Waals surface area contributed by atoms with Crippen molar-refractivity contribution in [3.8, 4) is 0 Å². The van der Waals surface area contributed by atoms with Gasteiger partial charge in [0.1, 0.15) is 11.6 Å². The molecular weight excluding hydrogens is 248 g/mol. The second-order valence-corrected chi connectivity index (χ2v) is 4.64. The van der Waals surface area contributed by atoms with Crippen LogP contribution in [0.5, 0.6) is 0 Å². The second-order valence-electron chi connectivity index (χ2n) is 4.64. The van der Waals surface area contributed by atoms with E-state index >= 15 is 0 Å². The zero-order chi connectivity index (χ0) is 13.8. The van der Waals surface area contributed by atoms with Gasteiger partial charge in [0.25, 0.3) is 0 Å². The van der Waals surface area contributed by atoms with Gasteiger partial charge in [-0.05, 0) is 22.4 Å². The lowest BCUT2D eigenvalue weighted by molar-refractivity contribution is 0.666. The normalized spacial score (nSPS) is 10.8. The molecule has 3 aromatic rings. The van der Waals surface area contributed by atoms with E-state index in [4.69, 9.17) is 5.73 Å². The minimum absolute atomic E-state index is 0.502. The molecule has 4 heteroatoms. The lowest BCUT2D eigenvalue weighted by Crippen LogP contribution is -2.15. The number of nitrogens with two attached hydrogens (primary N) is 1. The van der Waals surface area contributed by atoms with Crippen molar-refractivity contribution in [3.63, 3.8) is 0 Å². The molecule has 0 aliphatic heterocycles. The Balaban J connectivity index is 1.71. The third kappa shape index (κ3) is 2.75. The molecule has 1 aromatic heterocycles. The molecule has 0 radical (unpaired) electrons. The SMILES string of the molecule is Nc1ccnc(CNCc2cccc3ccccc23)n1. The van der Waals surface area contributed by atoms with Gasteiger partial charge in [-0.25, -0.2) is 9.97 Å². The average Bonchev–Trinajstić information content (AvgIpc) is 2.48. The summed E-state index contributed by atoms with van der Waals surface area (Å²) in [7, 11) is 0. The van der Waals surface area contributed by atoms with Crippen LogP contribution >= 0.6 is 0 Å². The molecule has 2 aromatic carbocycles. The smallest absolute Gasteiger partial charge is 0.144 e. The molecule has 4 nitrogen and oxygen atoms in total. The predicted molar refractivity (Wildman–Crippen MR) is 80.9 cm³/mol. The number of rotatable bonds is 4. The Morgan fingerprint density at radius 1 is 0.950 bits per heavy atom. The fourth-order valence-corrected chi connectivity index (χ4v) is 2.26. The first-order valence-corrected chi connectivity index (χ1v) is 6.58. The van der Waals surface area contributed by atoms with E-state index in [0.29, 0.717) is 18.2 Å². The minimum Gasteiger partial charge on any atom is -0.384 e. The van der Waals surface area contributed by atoms with Crippen LogP contribution in [0.25, 0.3) is 10.8 Å². The highest BCUT2D eigenvalue weighted by Gasteiger charge is 2.01. The van der Waals surface area contributed by atoms with Gasteiger partial charge < -0.3 is 11.1 Å². The first-order chi connectivity index (χ1) is 9.83. The van der Waals surface area contributed by atoms with Crippen LogP contribution in [0, 0.1) is 0 Å². The summed E-state index contributed by atoms with van der Waals surface area (Å²) >= 11 is 0. The van der Waals surface area contributed by atoms with Crippen LogP contribution in [-0.2, 0) is 13.1 Å². The van der Waals surface area contributed by atoms with Crippen LogP contribution < -0.4 is 11.1 Å². The fraction of sp³-hybridized carbons (Fsp3) is 0.125. The number of benzene rings is 2. The van der Waals surface area contributed by atoms with E-state index in [1.807, 2.05) is 0 Å². The molecule has 0 spiro atoms. The fourth-order valence-electron chi connectivity index (χ4n) is 2.26. The van der Waals surface area contributed by atoms with E-state index in [9.17, 15) is 0 Å². The number of anilines is 1. The molecule has 0 saturated carbocycles. The molecule has 0 unspecified atom stereocenters. The number of hydrogen-bond acceptors (Lipinski definition) is 4. The minimum atomic E-state index is 0.502. The van der Waals surface area contributed by atoms with Gasteiger partial charge in [-0.3, -0.25) is 0 Å². The van der Waals surface area contributed by atoms with Gasteiger partial charge in [0, 0.05) is 12.7 Å². The topological polar surface area (TPSA) is 63.8 Å². The Labute approximate surface area is 117 Å². The van der Waals surface area contributed by atoms with E-state index in [0.717, 1.165) is 6.54 Å². The highest BCUT2D eigenvalue weighted by atomic mass is 15.0. The third-order valence-corrected chi connectivity index (χ3v) is 3.21. The Bertz CT molecular complexity index is 719. The average molecular weight is 264 g/mol. The van der Waals surface area contributed by atoms with Crippen LogP contribution in [0.15, 0.2) is 54.7 Å². The quantitative estimate of drug-likeness (QED) is 0.760. The zero-order valence-corrected chi connectivity index (χ0v) is 11.1. The van der Waals surface area contributed by atoms with Gasteiger partial charge in [0.15, 0.2) is 0 Å². The van der Waals surface area contributed by atoms with E-state index in [2.05, 4.69) is 57.7 Å². The van der Waals surface area contributed by atoms with Crippen LogP contribution in [-0.4, -0.2) is 9.97 Å². The van der Waals surface area contributed by atoms with Gasteiger partial charge >= 0.3 is 0 Å². The molecule has 0 aliphatic carbocycles. The van der Waals surface area contributed by atoms with E-state index < -0.39 is 0 Å². The van der Waals surface area contributed by atoms with Crippen molar-refractivity contribution in [1.29, 1.82) is 0 Å². The summed E-state index contributed by atoms with van der Waals surface area (Å²) in [6.07, 6.45) is 1.68. The van der Waals surface area contributed by atoms with Crippen molar-refractivity contribution in [2.75, 3.05) is 5.73 Å². The number of aromatic nitrogens is 2. The first kappa shape index (κ1) is 12.6. The molecule has 3 rings (SSSR count). The summed E-state index contributed by atoms with van der Waals surface area (Å²) in [5, 5.41) is 5.89. The maximum absolute atomic E-state index is 5.64. The van der Waals surface area contributed by atoms with Crippen molar-refractivity contribution in [2.45, 2.75) is 13.1 Å². The van der Waals surface area contributed by atoms with Crippen molar-refractivity contribution >= 4 is 16.6 Å². The number of fused-ring (bicyclic) bond motifs is 1. The molecule has 3 N–H and O–H groups in total. The van der Waals surface area contributed by atoms with Crippen LogP contribution in [0.3, 0.4) is 0 Å². The molecular formula is C16H16N4. The zero-order valence-electron chi connectivity index (χ0n) is 11.1. The molecule has 0 bridgehead atoms. The number of nitrogens with zero attached hydrogens (tertiary/aromatic N) is 2. The van der Waals surface area contributed by atoms with Gasteiger partial charge in [0.05, 0.1) is 6.54 Å². The van der Waals surface area contributed by atoms with Crippen molar-refractivity contribution in [3.05, 3.63) is 66.1 Å². The molecule has 1 heterocycles. The summed E-state index contributed by atoms with van der Waals surface area (Å²) in [5.74, 6) is 1.21. The summed E-state index contributed by atoms with van der Waals surface area (Å²) in [6.45, 7) is 1.38. The van der Waals surface area contributed by atoms with Crippen molar-refractivity contribution in [1.82, 2.24) is 15.3 Å². The molecule has 20 heavy (non-hydrogen) atoms. The highest BCUT2D eigenvalue weighted by Crippen LogP contribution is 2.18. The highest BCUT2D eigenvalue weighted by molar-refractivity contribution is 5.85. The van der Waals surface area contributed by atoms with E-state index in [1.54, 1.807) is 12.3 Å². The van der Waals surface area contributed by atoms with Crippen LogP contribution in [0.1, 0.15) is 11.4 Å².